The van der Waals surface area contributed by atoms with Gasteiger partial charge in [-0.25, -0.2) is 8.42 Å². The molecule has 8 heteroatoms. The molecule has 124 valence electrons. The Morgan fingerprint density at radius 2 is 2.22 bits per heavy atom. The fourth-order valence-electron chi connectivity index (χ4n) is 2.94. The topological polar surface area (TPSA) is 80.2 Å². The molecule has 0 saturated carbocycles. The molecule has 0 N–H and O–H groups in total. The summed E-state index contributed by atoms with van der Waals surface area (Å²) in [5.74, 6) is 0.218. The minimum atomic E-state index is -3.55. The first kappa shape index (κ1) is 16.3. The molecule has 2 aromatic rings. The molecule has 1 aliphatic heterocycles. The molecule has 1 aromatic carbocycles. The van der Waals surface area contributed by atoms with Gasteiger partial charge in [-0.1, -0.05) is 13.0 Å². The summed E-state index contributed by atoms with van der Waals surface area (Å²) in [5.41, 5.74) is 0.976. The van der Waals surface area contributed by atoms with E-state index >= 15 is 0 Å². The van der Waals surface area contributed by atoms with Crippen LogP contribution in [0.3, 0.4) is 0 Å². The number of rotatable bonds is 4. The summed E-state index contributed by atoms with van der Waals surface area (Å²) in [6.45, 7) is 3.57. The molecule has 1 unspecified atom stereocenters. The van der Waals surface area contributed by atoms with Crippen molar-refractivity contribution in [1.29, 1.82) is 0 Å². The van der Waals surface area contributed by atoms with Crippen molar-refractivity contribution in [1.82, 2.24) is 13.6 Å². The van der Waals surface area contributed by atoms with Crippen LogP contribution in [0, 0.1) is 5.92 Å². The Bertz CT molecular complexity index is 816. The van der Waals surface area contributed by atoms with Gasteiger partial charge in [0.15, 0.2) is 9.84 Å². The molecule has 2 heterocycles. The van der Waals surface area contributed by atoms with E-state index in [9.17, 15) is 13.2 Å². The normalized spacial score (nSPS) is 19.2. The Morgan fingerprint density at radius 3 is 3.00 bits per heavy atom. The lowest BCUT2D eigenvalue weighted by Crippen LogP contribution is -2.39. The lowest BCUT2D eigenvalue weighted by molar-refractivity contribution is -0.132. The number of amides is 1. The highest BCUT2D eigenvalue weighted by Gasteiger charge is 2.25. The Hall–Kier alpha value is -1.54. The first-order chi connectivity index (χ1) is 11.0. The van der Waals surface area contributed by atoms with Gasteiger partial charge in [-0.05, 0) is 30.9 Å². The summed E-state index contributed by atoms with van der Waals surface area (Å²) in [4.78, 5) is 14.2. The van der Waals surface area contributed by atoms with Crippen LogP contribution >= 0.6 is 11.7 Å². The average Bonchev–Trinajstić information content (AvgIpc) is 3.01. The molecular formula is C15H19N3O3S2. The van der Waals surface area contributed by atoms with Crippen molar-refractivity contribution in [3.63, 3.8) is 0 Å². The third-order valence-corrected chi connectivity index (χ3v) is 6.46. The van der Waals surface area contributed by atoms with E-state index in [0.29, 0.717) is 17.0 Å². The molecule has 1 aromatic heterocycles. The molecule has 0 radical (unpaired) electrons. The van der Waals surface area contributed by atoms with Crippen molar-refractivity contribution in [2.24, 2.45) is 5.92 Å². The molecule has 3 rings (SSSR count). The van der Waals surface area contributed by atoms with Crippen LogP contribution in [0.25, 0.3) is 11.0 Å². The quantitative estimate of drug-likeness (QED) is 0.841. The number of likely N-dealkylation sites (tertiary alicyclic amines) is 1. The van der Waals surface area contributed by atoms with Crippen LogP contribution in [-0.4, -0.2) is 46.8 Å². The summed E-state index contributed by atoms with van der Waals surface area (Å²) in [7, 11) is -3.55. The van der Waals surface area contributed by atoms with Gasteiger partial charge < -0.3 is 4.90 Å². The lowest BCUT2D eigenvalue weighted by atomic mass is 10.0. The zero-order valence-electron chi connectivity index (χ0n) is 12.9. The molecule has 6 nitrogen and oxygen atoms in total. The van der Waals surface area contributed by atoms with Crippen molar-refractivity contribution in [3.8, 4) is 0 Å². The standard InChI is InChI=1S/C15H19N3O3S2/c1-11-4-3-8-18(10-11)14(19)7-9-23(20,21)13-6-2-5-12-15(13)17-22-16-12/h2,5-6,11H,3-4,7-10H2,1H3. The number of aromatic nitrogens is 2. The van der Waals surface area contributed by atoms with Gasteiger partial charge in [-0.3, -0.25) is 4.79 Å². The second kappa shape index (κ2) is 6.52. The maximum Gasteiger partial charge on any atom is 0.223 e. The van der Waals surface area contributed by atoms with Crippen LogP contribution < -0.4 is 0 Å². The fourth-order valence-corrected chi connectivity index (χ4v) is 4.94. The number of fused-ring (bicyclic) bond motifs is 1. The summed E-state index contributed by atoms with van der Waals surface area (Å²) in [6.07, 6.45) is 2.13. The molecular weight excluding hydrogens is 334 g/mol. The number of carbonyl (C=O) groups excluding carboxylic acids is 1. The van der Waals surface area contributed by atoms with Crippen LogP contribution in [0.5, 0.6) is 0 Å². The van der Waals surface area contributed by atoms with E-state index < -0.39 is 9.84 Å². The molecule has 0 aliphatic carbocycles. The summed E-state index contributed by atoms with van der Waals surface area (Å²) in [6, 6.07) is 4.93. The number of sulfone groups is 1. The molecule has 1 aliphatic rings. The Kier molecular flexibility index (Phi) is 4.63. The van der Waals surface area contributed by atoms with Crippen molar-refractivity contribution < 1.29 is 13.2 Å². The van der Waals surface area contributed by atoms with Gasteiger partial charge >= 0.3 is 0 Å². The van der Waals surface area contributed by atoms with Crippen LogP contribution in [0.4, 0.5) is 0 Å². The molecule has 1 atom stereocenters. The van der Waals surface area contributed by atoms with Crippen molar-refractivity contribution in [2.45, 2.75) is 31.1 Å². The van der Waals surface area contributed by atoms with Crippen LogP contribution in [-0.2, 0) is 14.6 Å². The molecule has 0 bridgehead atoms. The Morgan fingerprint density at radius 1 is 1.39 bits per heavy atom. The van der Waals surface area contributed by atoms with Crippen molar-refractivity contribution in [3.05, 3.63) is 18.2 Å². The van der Waals surface area contributed by atoms with E-state index in [1.54, 1.807) is 17.0 Å². The SMILES string of the molecule is CC1CCCN(C(=O)CCS(=O)(=O)c2cccc3nsnc23)C1. The largest absolute Gasteiger partial charge is 0.342 e. The van der Waals surface area contributed by atoms with Gasteiger partial charge in [0.05, 0.1) is 22.4 Å². The number of nitrogens with zero attached hydrogens (tertiary/aromatic N) is 3. The fraction of sp³-hybridized carbons (Fsp3) is 0.533. The van der Waals surface area contributed by atoms with Gasteiger partial charge in [-0.15, -0.1) is 0 Å². The predicted octanol–water partition coefficient (Wildman–Crippen LogP) is 2.11. The number of hydrogen-bond acceptors (Lipinski definition) is 6. The summed E-state index contributed by atoms with van der Waals surface area (Å²) >= 11 is 0.991. The third-order valence-electron chi connectivity index (χ3n) is 4.18. The highest BCUT2D eigenvalue weighted by Crippen LogP contribution is 2.23. The second-order valence-electron chi connectivity index (χ2n) is 6.04. The number of benzene rings is 1. The van der Waals surface area contributed by atoms with Gasteiger partial charge in [0.2, 0.25) is 5.91 Å². The number of carbonyl (C=O) groups is 1. The third kappa shape index (κ3) is 3.53. The predicted molar refractivity (Wildman–Crippen MR) is 89.1 cm³/mol. The van der Waals surface area contributed by atoms with Gasteiger partial charge in [0, 0.05) is 19.5 Å². The van der Waals surface area contributed by atoms with E-state index in [2.05, 4.69) is 15.7 Å². The van der Waals surface area contributed by atoms with E-state index in [4.69, 9.17) is 0 Å². The van der Waals surface area contributed by atoms with Crippen LogP contribution in [0.15, 0.2) is 23.1 Å². The zero-order valence-corrected chi connectivity index (χ0v) is 14.6. The van der Waals surface area contributed by atoms with Crippen LogP contribution in [0.2, 0.25) is 0 Å². The smallest absolute Gasteiger partial charge is 0.223 e. The Balaban J connectivity index is 1.72. The molecule has 23 heavy (non-hydrogen) atoms. The van der Waals surface area contributed by atoms with E-state index in [-0.39, 0.29) is 23.0 Å². The van der Waals surface area contributed by atoms with Gasteiger partial charge in [0.1, 0.15) is 11.0 Å². The minimum Gasteiger partial charge on any atom is -0.342 e. The highest BCUT2D eigenvalue weighted by molar-refractivity contribution is 7.91. The van der Waals surface area contributed by atoms with Gasteiger partial charge in [0.25, 0.3) is 0 Å². The monoisotopic (exact) mass is 353 g/mol. The van der Waals surface area contributed by atoms with Crippen molar-refractivity contribution in [2.75, 3.05) is 18.8 Å². The maximum absolute atomic E-state index is 12.6. The van der Waals surface area contributed by atoms with E-state index in [1.165, 1.54) is 6.07 Å². The first-order valence-corrected chi connectivity index (χ1v) is 10.1. The minimum absolute atomic E-state index is 0.0169. The van der Waals surface area contributed by atoms with Gasteiger partial charge in [-0.2, -0.15) is 8.75 Å². The summed E-state index contributed by atoms with van der Waals surface area (Å²) < 4.78 is 33.3. The van der Waals surface area contributed by atoms with Crippen molar-refractivity contribution >= 4 is 38.5 Å². The first-order valence-electron chi connectivity index (χ1n) is 7.69. The highest BCUT2D eigenvalue weighted by atomic mass is 32.2. The average molecular weight is 353 g/mol. The number of hydrogen-bond donors (Lipinski definition) is 0. The lowest BCUT2D eigenvalue weighted by Gasteiger charge is -2.31. The van der Waals surface area contributed by atoms with E-state index in [0.717, 1.165) is 37.7 Å². The Labute approximate surface area is 139 Å². The summed E-state index contributed by atoms with van der Waals surface area (Å²) in [5, 5.41) is 0. The second-order valence-corrected chi connectivity index (χ2v) is 8.65. The molecule has 1 fully saturated rings. The molecule has 1 saturated heterocycles. The van der Waals surface area contributed by atoms with E-state index in [1.807, 2.05) is 0 Å². The molecule has 1 amide bonds. The van der Waals surface area contributed by atoms with Crippen LogP contribution in [0.1, 0.15) is 26.2 Å². The molecule has 0 spiro atoms. The zero-order chi connectivity index (χ0) is 16.4. The maximum atomic E-state index is 12.6. The number of piperidine rings is 1.